The van der Waals surface area contributed by atoms with Crippen LogP contribution >= 0.6 is 0 Å². The van der Waals surface area contributed by atoms with E-state index in [2.05, 4.69) is 48.6 Å². The molecule has 1 aliphatic rings. The Labute approximate surface area is 110 Å². The number of hydrogen-bond acceptors (Lipinski definition) is 2. The number of nitriles is 1. The average molecular weight is 242 g/mol. The number of aryl methyl sites for hydroxylation is 1. The normalized spacial score (nSPS) is 24.7. The van der Waals surface area contributed by atoms with Gasteiger partial charge in [-0.3, -0.25) is 0 Å². The molecule has 0 bridgehead atoms. The van der Waals surface area contributed by atoms with Crippen LogP contribution < -0.4 is 5.32 Å². The lowest BCUT2D eigenvalue weighted by Crippen LogP contribution is -2.38. The van der Waals surface area contributed by atoms with Crippen molar-refractivity contribution >= 4 is 0 Å². The first-order valence-electron chi connectivity index (χ1n) is 6.99. The molecule has 2 rings (SSSR count). The summed E-state index contributed by atoms with van der Waals surface area (Å²) in [6.45, 7) is 2.23. The lowest BCUT2D eigenvalue weighted by atomic mass is 10.0. The smallest absolute Gasteiger partial charge is 0.0672 e. The molecule has 0 aliphatic heterocycles. The largest absolute Gasteiger partial charge is 0.310 e. The first kappa shape index (κ1) is 13.1. The fourth-order valence-electron chi connectivity index (χ4n) is 2.79. The molecule has 1 aromatic carbocycles. The molecule has 3 unspecified atom stereocenters. The molecule has 0 amide bonds. The van der Waals surface area contributed by atoms with Gasteiger partial charge in [-0.1, -0.05) is 36.8 Å². The van der Waals surface area contributed by atoms with Crippen molar-refractivity contribution in [2.24, 2.45) is 5.92 Å². The molecule has 18 heavy (non-hydrogen) atoms. The van der Waals surface area contributed by atoms with Crippen molar-refractivity contribution in [1.82, 2.24) is 5.32 Å². The Morgan fingerprint density at radius 2 is 2.11 bits per heavy atom. The van der Waals surface area contributed by atoms with E-state index < -0.39 is 0 Å². The molecule has 2 nitrogen and oxygen atoms in total. The lowest BCUT2D eigenvalue weighted by Gasteiger charge is -2.21. The van der Waals surface area contributed by atoms with Crippen LogP contribution in [0.1, 0.15) is 38.2 Å². The number of nitrogens with one attached hydrogen (secondary N) is 1. The standard InChI is InChI=1S/C16H22N2/c1-13(10-11-14-6-3-2-4-7-14)18-16-9-5-8-15(16)12-17/h2-4,6-7,13,15-16,18H,5,8-11H2,1H3. The quantitative estimate of drug-likeness (QED) is 0.860. The van der Waals surface area contributed by atoms with Crippen LogP contribution in [0.25, 0.3) is 0 Å². The summed E-state index contributed by atoms with van der Waals surface area (Å²) >= 11 is 0. The molecule has 2 heteroatoms. The summed E-state index contributed by atoms with van der Waals surface area (Å²) in [5.74, 6) is 0.226. The first-order chi connectivity index (χ1) is 8.79. The van der Waals surface area contributed by atoms with Gasteiger partial charge < -0.3 is 5.32 Å². The van der Waals surface area contributed by atoms with Crippen LogP contribution in [0.4, 0.5) is 0 Å². The number of hydrogen-bond donors (Lipinski definition) is 1. The number of rotatable bonds is 5. The molecular weight excluding hydrogens is 220 g/mol. The summed E-state index contributed by atoms with van der Waals surface area (Å²) in [4.78, 5) is 0. The highest BCUT2D eigenvalue weighted by molar-refractivity contribution is 5.14. The fourth-order valence-corrected chi connectivity index (χ4v) is 2.79. The van der Waals surface area contributed by atoms with Crippen LogP contribution in [0.15, 0.2) is 30.3 Å². The molecule has 96 valence electrons. The van der Waals surface area contributed by atoms with Gasteiger partial charge in [0.25, 0.3) is 0 Å². The van der Waals surface area contributed by atoms with E-state index >= 15 is 0 Å². The molecule has 0 heterocycles. The predicted molar refractivity (Wildman–Crippen MR) is 74.1 cm³/mol. The van der Waals surface area contributed by atoms with Crippen LogP contribution in [0.2, 0.25) is 0 Å². The van der Waals surface area contributed by atoms with Gasteiger partial charge in [0.2, 0.25) is 0 Å². The molecule has 1 aromatic rings. The van der Waals surface area contributed by atoms with Crippen molar-refractivity contribution in [2.45, 2.75) is 51.1 Å². The molecule has 1 N–H and O–H groups in total. The minimum Gasteiger partial charge on any atom is -0.310 e. The van der Waals surface area contributed by atoms with Crippen LogP contribution in [0, 0.1) is 17.2 Å². The first-order valence-corrected chi connectivity index (χ1v) is 6.99. The molecule has 1 saturated carbocycles. The summed E-state index contributed by atoms with van der Waals surface area (Å²) in [6, 6.07) is 13.9. The van der Waals surface area contributed by atoms with Gasteiger partial charge in [-0.05, 0) is 38.2 Å². The van der Waals surface area contributed by atoms with E-state index in [1.807, 2.05) is 0 Å². The Balaban J connectivity index is 1.75. The zero-order valence-corrected chi connectivity index (χ0v) is 11.1. The second-order valence-corrected chi connectivity index (χ2v) is 5.36. The summed E-state index contributed by atoms with van der Waals surface area (Å²) in [5.41, 5.74) is 1.40. The zero-order valence-electron chi connectivity index (χ0n) is 11.1. The maximum atomic E-state index is 9.07. The van der Waals surface area contributed by atoms with Crippen molar-refractivity contribution in [3.8, 4) is 6.07 Å². The minimum absolute atomic E-state index is 0.226. The predicted octanol–water partition coefficient (Wildman–Crippen LogP) is 3.29. The third-order valence-electron chi connectivity index (χ3n) is 3.89. The molecule has 0 saturated heterocycles. The molecule has 0 spiro atoms. The SMILES string of the molecule is CC(CCc1ccccc1)NC1CCCC1C#N. The monoisotopic (exact) mass is 242 g/mol. The zero-order chi connectivity index (χ0) is 12.8. The Morgan fingerprint density at radius 1 is 1.33 bits per heavy atom. The van der Waals surface area contributed by atoms with Crippen molar-refractivity contribution < 1.29 is 0 Å². The van der Waals surface area contributed by atoms with E-state index in [0.29, 0.717) is 12.1 Å². The summed E-state index contributed by atoms with van der Waals surface area (Å²) in [6.07, 6.45) is 5.67. The maximum absolute atomic E-state index is 9.07. The lowest BCUT2D eigenvalue weighted by molar-refractivity contribution is 0.396. The Kier molecular flexibility index (Phi) is 4.78. The molecule has 3 atom stereocenters. The van der Waals surface area contributed by atoms with Gasteiger partial charge in [-0.25, -0.2) is 0 Å². The second-order valence-electron chi connectivity index (χ2n) is 5.36. The highest BCUT2D eigenvalue weighted by atomic mass is 15.0. The van der Waals surface area contributed by atoms with Crippen LogP contribution in [-0.2, 0) is 6.42 Å². The van der Waals surface area contributed by atoms with E-state index in [-0.39, 0.29) is 5.92 Å². The highest BCUT2D eigenvalue weighted by Gasteiger charge is 2.27. The molecule has 1 aliphatic carbocycles. The van der Waals surface area contributed by atoms with Gasteiger partial charge in [0, 0.05) is 12.1 Å². The van der Waals surface area contributed by atoms with Gasteiger partial charge in [-0.2, -0.15) is 5.26 Å². The van der Waals surface area contributed by atoms with Crippen molar-refractivity contribution in [1.29, 1.82) is 5.26 Å². The Bertz CT molecular complexity index is 393. The van der Waals surface area contributed by atoms with Crippen molar-refractivity contribution in [3.05, 3.63) is 35.9 Å². The van der Waals surface area contributed by atoms with Gasteiger partial charge in [-0.15, -0.1) is 0 Å². The Hall–Kier alpha value is -1.33. The topological polar surface area (TPSA) is 35.8 Å². The summed E-state index contributed by atoms with van der Waals surface area (Å²) < 4.78 is 0. The molecule has 1 fully saturated rings. The third kappa shape index (κ3) is 3.58. The third-order valence-corrected chi connectivity index (χ3v) is 3.89. The number of nitrogens with zero attached hydrogens (tertiary/aromatic N) is 1. The van der Waals surface area contributed by atoms with E-state index in [4.69, 9.17) is 5.26 Å². The van der Waals surface area contributed by atoms with Gasteiger partial charge in [0.1, 0.15) is 0 Å². The number of benzene rings is 1. The van der Waals surface area contributed by atoms with Crippen LogP contribution in [0.5, 0.6) is 0 Å². The van der Waals surface area contributed by atoms with E-state index in [1.54, 1.807) is 0 Å². The minimum atomic E-state index is 0.226. The van der Waals surface area contributed by atoms with Crippen LogP contribution in [-0.4, -0.2) is 12.1 Å². The second kappa shape index (κ2) is 6.56. The van der Waals surface area contributed by atoms with Crippen LogP contribution in [0.3, 0.4) is 0 Å². The van der Waals surface area contributed by atoms with Crippen molar-refractivity contribution in [2.75, 3.05) is 0 Å². The Morgan fingerprint density at radius 3 is 2.83 bits per heavy atom. The fraction of sp³-hybridized carbons (Fsp3) is 0.562. The van der Waals surface area contributed by atoms with E-state index in [0.717, 1.165) is 25.7 Å². The maximum Gasteiger partial charge on any atom is 0.0672 e. The van der Waals surface area contributed by atoms with Gasteiger partial charge in [0.05, 0.1) is 12.0 Å². The van der Waals surface area contributed by atoms with Gasteiger partial charge >= 0.3 is 0 Å². The summed E-state index contributed by atoms with van der Waals surface area (Å²) in [7, 11) is 0. The summed E-state index contributed by atoms with van der Waals surface area (Å²) in [5, 5.41) is 12.7. The van der Waals surface area contributed by atoms with Gasteiger partial charge in [0.15, 0.2) is 0 Å². The average Bonchev–Trinajstić information content (AvgIpc) is 2.85. The van der Waals surface area contributed by atoms with Crippen molar-refractivity contribution in [3.63, 3.8) is 0 Å². The van der Waals surface area contributed by atoms with E-state index in [9.17, 15) is 0 Å². The van der Waals surface area contributed by atoms with E-state index in [1.165, 1.54) is 12.0 Å². The molecular formula is C16H22N2. The molecule has 0 radical (unpaired) electrons. The highest BCUT2D eigenvalue weighted by Crippen LogP contribution is 2.25. The molecule has 0 aromatic heterocycles.